The summed E-state index contributed by atoms with van der Waals surface area (Å²) >= 11 is 5.78. The van der Waals surface area contributed by atoms with Crippen molar-refractivity contribution in [2.24, 2.45) is 5.92 Å². The third-order valence-corrected chi connectivity index (χ3v) is 9.36. The fourth-order valence-electron chi connectivity index (χ4n) is 2.10. The van der Waals surface area contributed by atoms with E-state index in [4.69, 9.17) is 16.0 Å². The molecule has 2 rings (SSSR count). The number of carbonyl (C=O) groups is 1. The molecule has 22 heavy (non-hydrogen) atoms. The summed E-state index contributed by atoms with van der Waals surface area (Å²) in [6.45, 7) is 11.1. The van der Waals surface area contributed by atoms with Crippen molar-refractivity contribution in [3.63, 3.8) is 0 Å². The second-order valence-corrected chi connectivity index (χ2v) is 12.5. The molecule has 0 atom stereocenters. The Balaban J connectivity index is 1.83. The maximum absolute atomic E-state index is 12.2. The zero-order valence-corrected chi connectivity index (χ0v) is 15.6. The summed E-state index contributed by atoms with van der Waals surface area (Å²) in [5.74, 6) is 0.409. The summed E-state index contributed by atoms with van der Waals surface area (Å²) in [6, 6.07) is 1.54. The molecule has 122 valence electrons. The van der Waals surface area contributed by atoms with Crippen molar-refractivity contribution in [1.82, 2.24) is 9.97 Å². The summed E-state index contributed by atoms with van der Waals surface area (Å²) in [5.41, 5.74) is 0. The molecule has 0 radical (unpaired) electrons. The molecule has 1 fully saturated rings. The van der Waals surface area contributed by atoms with Crippen LogP contribution in [0.5, 0.6) is 0 Å². The van der Waals surface area contributed by atoms with E-state index < -0.39 is 8.32 Å². The Morgan fingerprint density at radius 3 is 2.55 bits per heavy atom. The first-order valence-electron chi connectivity index (χ1n) is 7.55. The summed E-state index contributed by atoms with van der Waals surface area (Å²) < 4.78 is 6.30. The third kappa shape index (κ3) is 4.06. The molecule has 1 aromatic rings. The maximum Gasteiger partial charge on any atom is 0.228 e. The molecule has 1 aliphatic carbocycles. The van der Waals surface area contributed by atoms with E-state index in [1.165, 1.54) is 6.33 Å². The van der Waals surface area contributed by atoms with Crippen LogP contribution >= 0.6 is 11.6 Å². The first kappa shape index (κ1) is 17.4. The SMILES string of the molecule is CC(C)(C)[Si](C)(C)OC1CC(C(=O)Nc2cc(Cl)ncn2)C1. The van der Waals surface area contributed by atoms with Crippen molar-refractivity contribution in [1.29, 1.82) is 0 Å². The van der Waals surface area contributed by atoms with Gasteiger partial charge in [-0.2, -0.15) is 0 Å². The van der Waals surface area contributed by atoms with Gasteiger partial charge >= 0.3 is 0 Å². The molecular weight excluding hydrogens is 318 g/mol. The Labute approximate surface area is 138 Å². The fraction of sp³-hybridized carbons (Fsp3) is 0.667. The lowest BCUT2D eigenvalue weighted by atomic mass is 9.82. The number of hydrogen-bond acceptors (Lipinski definition) is 4. The highest BCUT2D eigenvalue weighted by molar-refractivity contribution is 6.74. The second kappa shape index (κ2) is 6.26. The van der Waals surface area contributed by atoms with Crippen molar-refractivity contribution >= 4 is 31.6 Å². The van der Waals surface area contributed by atoms with Gasteiger partial charge < -0.3 is 9.74 Å². The number of hydrogen-bond donors (Lipinski definition) is 1. The monoisotopic (exact) mass is 341 g/mol. The Bertz CT molecular complexity index is 554. The van der Waals surface area contributed by atoms with Gasteiger partial charge in [0.15, 0.2) is 8.32 Å². The number of halogens is 1. The molecular formula is C15H24ClN3O2Si. The Kier molecular flexibility index (Phi) is 4.94. The normalized spacial score (nSPS) is 22.1. The van der Waals surface area contributed by atoms with E-state index in [-0.39, 0.29) is 23.0 Å². The van der Waals surface area contributed by atoms with E-state index in [0.29, 0.717) is 11.0 Å². The fourth-order valence-corrected chi connectivity index (χ4v) is 3.63. The number of carbonyl (C=O) groups excluding carboxylic acids is 1. The highest BCUT2D eigenvalue weighted by atomic mass is 35.5. The van der Waals surface area contributed by atoms with Crippen LogP contribution in [0.15, 0.2) is 12.4 Å². The Morgan fingerprint density at radius 2 is 2.00 bits per heavy atom. The molecule has 1 aromatic heterocycles. The average Bonchev–Trinajstić information content (AvgIpc) is 2.31. The zero-order valence-electron chi connectivity index (χ0n) is 13.8. The molecule has 1 aliphatic rings. The van der Waals surface area contributed by atoms with Gasteiger partial charge in [-0.3, -0.25) is 4.79 Å². The van der Waals surface area contributed by atoms with E-state index in [1.54, 1.807) is 6.07 Å². The third-order valence-electron chi connectivity index (χ3n) is 4.62. The Morgan fingerprint density at radius 1 is 1.36 bits per heavy atom. The average molecular weight is 342 g/mol. The molecule has 1 amide bonds. The predicted octanol–water partition coefficient (Wildman–Crippen LogP) is 3.87. The lowest BCUT2D eigenvalue weighted by molar-refractivity contribution is -0.125. The van der Waals surface area contributed by atoms with E-state index in [2.05, 4.69) is 49.1 Å². The van der Waals surface area contributed by atoms with Gasteiger partial charge in [-0.25, -0.2) is 9.97 Å². The van der Waals surface area contributed by atoms with Crippen LogP contribution < -0.4 is 5.32 Å². The first-order chi connectivity index (χ1) is 10.1. The van der Waals surface area contributed by atoms with Crippen molar-refractivity contribution < 1.29 is 9.22 Å². The van der Waals surface area contributed by atoms with Gasteiger partial charge in [-0.05, 0) is 31.0 Å². The minimum absolute atomic E-state index is 0.0106. The number of nitrogens with zero attached hydrogens (tertiary/aromatic N) is 2. The van der Waals surface area contributed by atoms with E-state index in [0.717, 1.165) is 12.8 Å². The van der Waals surface area contributed by atoms with E-state index >= 15 is 0 Å². The number of anilines is 1. The first-order valence-corrected chi connectivity index (χ1v) is 10.8. The van der Waals surface area contributed by atoms with Gasteiger partial charge in [0.25, 0.3) is 0 Å². The van der Waals surface area contributed by atoms with Crippen LogP contribution in [-0.2, 0) is 9.22 Å². The van der Waals surface area contributed by atoms with Gasteiger partial charge in [0, 0.05) is 18.1 Å². The van der Waals surface area contributed by atoms with Crippen LogP contribution in [0.2, 0.25) is 23.3 Å². The summed E-state index contributed by atoms with van der Waals surface area (Å²) in [5, 5.41) is 3.29. The van der Waals surface area contributed by atoms with Gasteiger partial charge in [0.1, 0.15) is 17.3 Å². The topological polar surface area (TPSA) is 64.1 Å². The largest absolute Gasteiger partial charge is 0.414 e. The summed E-state index contributed by atoms with van der Waals surface area (Å²) in [7, 11) is -1.75. The number of nitrogens with one attached hydrogen (secondary N) is 1. The smallest absolute Gasteiger partial charge is 0.228 e. The molecule has 0 spiro atoms. The quantitative estimate of drug-likeness (QED) is 0.667. The van der Waals surface area contributed by atoms with Crippen LogP contribution in [0.4, 0.5) is 5.82 Å². The highest BCUT2D eigenvalue weighted by Crippen LogP contribution is 2.41. The second-order valence-electron chi connectivity index (χ2n) is 7.38. The molecule has 1 N–H and O–H groups in total. The molecule has 5 nitrogen and oxygen atoms in total. The summed E-state index contributed by atoms with van der Waals surface area (Å²) in [6.07, 6.45) is 3.08. The molecule has 0 unspecified atom stereocenters. The van der Waals surface area contributed by atoms with Crippen LogP contribution in [0, 0.1) is 5.92 Å². The molecule has 0 aromatic carbocycles. The summed E-state index contributed by atoms with van der Waals surface area (Å²) in [4.78, 5) is 19.9. The number of rotatable bonds is 4. The predicted molar refractivity (Wildman–Crippen MR) is 90.5 cm³/mol. The molecule has 1 saturated carbocycles. The number of aromatic nitrogens is 2. The maximum atomic E-state index is 12.2. The minimum atomic E-state index is -1.75. The number of amides is 1. The molecule has 1 heterocycles. The van der Waals surface area contributed by atoms with Crippen LogP contribution in [0.25, 0.3) is 0 Å². The van der Waals surface area contributed by atoms with E-state index in [1.807, 2.05) is 0 Å². The lowest BCUT2D eigenvalue weighted by Gasteiger charge is -2.44. The Hall–Kier alpha value is -0.983. The van der Waals surface area contributed by atoms with Crippen molar-refractivity contribution in [2.45, 2.75) is 57.8 Å². The van der Waals surface area contributed by atoms with Gasteiger partial charge in [-0.1, -0.05) is 32.4 Å². The van der Waals surface area contributed by atoms with Crippen LogP contribution in [0.3, 0.4) is 0 Å². The van der Waals surface area contributed by atoms with Gasteiger partial charge in [0.05, 0.1) is 0 Å². The van der Waals surface area contributed by atoms with Crippen molar-refractivity contribution in [2.75, 3.05) is 5.32 Å². The standard InChI is InChI=1S/C15H24ClN3O2Si/c1-15(2,3)22(4,5)21-11-6-10(7-11)14(20)19-13-8-12(16)17-9-18-13/h8-11H,6-7H2,1-5H3,(H,17,18,19,20). The van der Waals surface area contributed by atoms with E-state index in [9.17, 15) is 4.79 Å². The molecule has 0 aliphatic heterocycles. The van der Waals surface area contributed by atoms with Gasteiger partial charge in [-0.15, -0.1) is 0 Å². The molecule has 0 bridgehead atoms. The lowest BCUT2D eigenvalue weighted by Crippen LogP contribution is -2.49. The zero-order chi connectivity index (χ0) is 16.5. The van der Waals surface area contributed by atoms with Crippen molar-refractivity contribution in [3.05, 3.63) is 17.5 Å². The highest BCUT2D eigenvalue weighted by Gasteiger charge is 2.43. The minimum Gasteiger partial charge on any atom is -0.414 e. The molecule has 7 heteroatoms. The van der Waals surface area contributed by atoms with Crippen molar-refractivity contribution in [3.8, 4) is 0 Å². The van der Waals surface area contributed by atoms with Crippen LogP contribution in [-0.4, -0.2) is 30.3 Å². The van der Waals surface area contributed by atoms with Gasteiger partial charge in [0.2, 0.25) is 5.91 Å². The van der Waals surface area contributed by atoms with Crippen LogP contribution in [0.1, 0.15) is 33.6 Å². The molecule has 0 saturated heterocycles.